The van der Waals surface area contributed by atoms with Crippen molar-refractivity contribution in [3.05, 3.63) is 76.4 Å². The van der Waals surface area contributed by atoms with Gasteiger partial charge in [-0.1, -0.05) is 35.3 Å². The summed E-state index contributed by atoms with van der Waals surface area (Å²) in [6, 6.07) is 11.1. The molecule has 1 aliphatic rings. The number of nitrogens with zero attached hydrogens (tertiary/aromatic N) is 6. The molecule has 222 valence electrons. The minimum Gasteiger partial charge on any atom is -0.453 e. The van der Waals surface area contributed by atoms with Gasteiger partial charge >= 0.3 is 6.09 Å². The number of rotatable bonds is 9. The predicted octanol–water partition coefficient (Wildman–Crippen LogP) is 4.42. The van der Waals surface area contributed by atoms with Crippen LogP contribution in [0.15, 0.2) is 54.9 Å². The van der Waals surface area contributed by atoms with Gasteiger partial charge in [0.25, 0.3) is 0 Å². The monoisotopic (exact) mass is 623 g/mol. The topological polar surface area (TPSA) is 160 Å². The molecule has 0 saturated carbocycles. The van der Waals surface area contributed by atoms with Gasteiger partial charge in [-0.15, -0.1) is 5.10 Å². The molecule has 1 atom stereocenters. The molecule has 43 heavy (non-hydrogen) atoms. The second-order valence-electron chi connectivity index (χ2n) is 9.62. The third kappa shape index (κ3) is 7.37. The Balaban J connectivity index is 1.38. The summed E-state index contributed by atoms with van der Waals surface area (Å²) in [5, 5.41) is 17.4. The van der Waals surface area contributed by atoms with E-state index < -0.39 is 18.0 Å². The Labute approximate surface area is 256 Å². The van der Waals surface area contributed by atoms with Crippen LogP contribution in [-0.4, -0.2) is 73.2 Å². The van der Waals surface area contributed by atoms with Crippen LogP contribution in [0.2, 0.25) is 10.2 Å². The Morgan fingerprint density at radius 2 is 1.88 bits per heavy atom. The Bertz CT molecular complexity index is 1630. The van der Waals surface area contributed by atoms with Gasteiger partial charge in [0.05, 0.1) is 25.3 Å². The molecule has 2 aromatic heterocycles. The van der Waals surface area contributed by atoms with E-state index in [-0.39, 0.29) is 17.5 Å². The van der Waals surface area contributed by atoms with Crippen LogP contribution in [0.5, 0.6) is 0 Å². The first-order valence-electron chi connectivity index (χ1n) is 13.3. The molecule has 0 spiro atoms. The van der Waals surface area contributed by atoms with Crippen molar-refractivity contribution >= 4 is 52.9 Å². The number of carbonyl (C=O) groups excluding carboxylic acids is 3. The van der Waals surface area contributed by atoms with Crippen LogP contribution in [0.1, 0.15) is 36.7 Å². The lowest BCUT2D eigenvalue weighted by molar-refractivity contribution is -0.131. The third-order valence-corrected chi connectivity index (χ3v) is 7.26. The van der Waals surface area contributed by atoms with E-state index in [1.165, 1.54) is 24.2 Å². The van der Waals surface area contributed by atoms with Crippen molar-refractivity contribution in [3.63, 3.8) is 0 Å². The molecule has 1 fully saturated rings. The first-order chi connectivity index (χ1) is 20.8. The van der Waals surface area contributed by atoms with Gasteiger partial charge in [0.2, 0.25) is 11.8 Å². The lowest BCUT2D eigenvalue weighted by atomic mass is 10.1. The minimum absolute atomic E-state index is 0.0160. The highest BCUT2D eigenvalue weighted by atomic mass is 35.5. The van der Waals surface area contributed by atoms with E-state index >= 15 is 0 Å². The lowest BCUT2D eigenvalue weighted by Gasteiger charge is -2.20. The number of imidazole rings is 1. The summed E-state index contributed by atoms with van der Waals surface area (Å²) in [5.74, 6) is -0.243. The summed E-state index contributed by atoms with van der Waals surface area (Å²) in [6.07, 6.45) is 5.62. The van der Waals surface area contributed by atoms with Crippen molar-refractivity contribution in [1.82, 2.24) is 40.4 Å². The average molecular weight is 624 g/mol. The average Bonchev–Trinajstić information content (AvgIpc) is 3.79. The molecule has 4 aromatic rings. The van der Waals surface area contributed by atoms with Crippen LogP contribution in [0, 0.1) is 0 Å². The van der Waals surface area contributed by atoms with Crippen molar-refractivity contribution in [2.75, 3.05) is 25.5 Å². The van der Waals surface area contributed by atoms with Crippen molar-refractivity contribution in [2.24, 2.45) is 0 Å². The zero-order valence-corrected chi connectivity index (χ0v) is 24.5. The molecule has 2 aromatic carbocycles. The standard InChI is InChI=1S/C28H27Cl2N9O4/c1-43-28(42)32-20-8-4-17(5-9-20)25-26(30)35-27(34-25)21(15-24(41)38-12-2-3-13-38)33-23(40)11-6-18-14-19(29)7-10-22(18)39-16-31-36-37-39/h4-11,14,16,21H,2-3,12-13,15H2,1H3,(H,32,42)(H,33,40)(H,34,35)/b11-6+. The zero-order valence-electron chi connectivity index (χ0n) is 23.0. The van der Waals surface area contributed by atoms with Crippen LogP contribution in [0.3, 0.4) is 0 Å². The van der Waals surface area contributed by atoms with Crippen molar-refractivity contribution < 1.29 is 19.1 Å². The van der Waals surface area contributed by atoms with Crippen LogP contribution < -0.4 is 10.6 Å². The Morgan fingerprint density at radius 1 is 1.12 bits per heavy atom. The number of halogens is 2. The molecular weight excluding hydrogens is 597 g/mol. The maximum absolute atomic E-state index is 13.2. The first-order valence-corrected chi connectivity index (χ1v) is 14.1. The number of tetrazole rings is 1. The second kappa shape index (κ2) is 13.5. The van der Waals surface area contributed by atoms with Gasteiger partial charge < -0.3 is 19.9 Å². The molecule has 0 aliphatic carbocycles. The molecule has 3 heterocycles. The number of carbonyl (C=O) groups is 3. The second-order valence-corrected chi connectivity index (χ2v) is 10.4. The predicted molar refractivity (Wildman–Crippen MR) is 160 cm³/mol. The smallest absolute Gasteiger partial charge is 0.411 e. The molecular formula is C28H27Cl2N9O4. The maximum atomic E-state index is 13.2. The van der Waals surface area contributed by atoms with Gasteiger partial charge in [-0.05, 0) is 59.7 Å². The summed E-state index contributed by atoms with van der Waals surface area (Å²) in [5.41, 5.74) is 2.84. The molecule has 3 N–H and O–H groups in total. The highest BCUT2D eigenvalue weighted by Gasteiger charge is 2.27. The number of benzene rings is 2. The number of aromatic amines is 1. The SMILES string of the molecule is COC(=O)Nc1ccc(-c2nc(C(CC(=O)N3CCCC3)NC(=O)/C=C/c3cc(Cl)ccc3-n3cnnn3)[nH]c2Cl)cc1. The number of nitrogens with one attached hydrogen (secondary N) is 3. The van der Waals surface area contributed by atoms with Crippen LogP contribution in [-0.2, 0) is 14.3 Å². The molecule has 13 nitrogen and oxygen atoms in total. The number of hydrogen-bond donors (Lipinski definition) is 3. The van der Waals surface area contributed by atoms with Gasteiger partial charge in [-0.2, -0.15) is 4.68 Å². The molecule has 1 aliphatic heterocycles. The number of anilines is 1. The quantitative estimate of drug-likeness (QED) is 0.231. The van der Waals surface area contributed by atoms with Gasteiger partial charge in [0, 0.05) is 41.0 Å². The van der Waals surface area contributed by atoms with Crippen molar-refractivity contribution in [2.45, 2.75) is 25.3 Å². The molecule has 0 bridgehead atoms. The number of likely N-dealkylation sites (tertiary alicyclic amines) is 1. The third-order valence-electron chi connectivity index (χ3n) is 6.75. The Kier molecular flexibility index (Phi) is 9.32. The maximum Gasteiger partial charge on any atom is 0.411 e. The summed E-state index contributed by atoms with van der Waals surface area (Å²) >= 11 is 12.7. The van der Waals surface area contributed by atoms with E-state index in [1.54, 1.807) is 53.4 Å². The highest BCUT2D eigenvalue weighted by molar-refractivity contribution is 6.32. The van der Waals surface area contributed by atoms with Gasteiger partial charge in [-0.25, -0.2) is 9.78 Å². The van der Waals surface area contributed by atoms with Gasteiger partial charge in [-0.3, -0.25) is 14.9 Å². The number of H-pyrrole nitrogens is 1. The van der Waals surface area contributed by atoms with E-state index in [2.05, 4.69) is 40.9 Å². The van der Waals surface area contributed by atoms with E-state index in [1.807, 2.05) is 0 Å². The minimum atomic E-state index is -0.796. The molecule has 15 heteroatoms. The van der Waals surface area contributed by atoms with Gasteiger partial charge in [0.1, 0.15) is 23.0 Å². The molecule has 1 unspecified atom stereocenters. The Hall–Kier alpha value is -4.75. The number of hydrogen-bond acceptors (Lipinski definition) is 8. The number of ether oxygens (including phenoxy) is 1. The highest BCUT2D eigenvalue weighted by Crippen LogP contribution is 2.30. The summed E-state index contributed by atoms with van der Waals surface area (Å²) in [4.78, 5) is 47.2. The number of aromatic nitrogens is 6. The summed E-state index contributed by atoms with van der Waals surface area (Å²) in [7, 11) is 1.28. The fraction of sp³-hybridized carbons (Fsp3) is 0.250. The lowest BCUT2D eigenvalue weighted by Crippen LogP contribution is -2.35. The van der Waals surface area contributed by atoms with Gasteiger partial charge in [0.15, 0.2) is 0 Å². The van der Waals surface area contributed by atoms with Crippen LogP contribution in [0.4, 0.5) is 10.5 Å². The van der Waals surface area contributed by atoms with E-state index in [9.17, 15) is 14.4 Å². The molecule has 0 radical (unpaired) electrons. The van der Waals surface area contributed by atoms with E-state index in [0.29, 0.717) is 52.1 Å². The normalized spacial score (nSPS) is 13.7. The summed E-state index contributed by atoms with van der Waals surface area (Å²) < 4.78 is 6.07. The molecule has 3 amide bonds. The van der Waals surface area contributed by atoms with Crippen LogP contribution in [0.25, 0.3) is 23.0 Å². The fourth-order valence-electron chi connectivity index (χ4n) is 4.62. The molecule has 1 saturated heterocycles. The van der Waals surface area contributed by atoms with E-state index in [0.717, 1.165) is 12.8 Å². The Morgan fingerprint density at radius 3 is 2.58 bits per heavy atom. The zero-order chi connectivity index (χ0) is 30.3. The fourth-order valence-corrected chi connectivity index (χ4v) is 5.05. The first kappa shape index (κ1) is 29.7. The van der Waals surface area contributed by atoms with Crippen molar-refractivity contribution in [1.29, 1.82) is 0 Å². The largest absolute Gasteiger partial charge is 0.453 e. The molecule has 5 rings (SSSR count). The van der Waals surface area contributed by atoms with Crippen molar-refractivity contribution in [3.8, 4) is 16.9 Å². The van der Waals surface area contributed by atoms with Crippen LogP contribution >= 0.6 is 23.2 Å². The summed E-state index contributed by atoms with van der Waals surface area (Å²) in [6.45, 7) is 1.34. The van der Waals surface area contributed by atoms with E-state index in [4.69, 9.17) is 23.2 Å². The number of methoxy groups -OCH3 is 1. The number of amides is 3.